The Labute approximate surface area is 200 Å². The molecule has 0 radical (unpaired) electrons. The van der Waals surface area contributed by atoms with Gasteiger partial charge in [-0.15, -0.1) is 16.9 Å². The number of rotatable bonds is 8. The number of ether oxygens (including phenoxy) is 1. The molecule has 34 heavy (non-hydrogen) atoms. The zero-order chi connectivity index (χ0) is 23.9. The Bertz CT molecular complexity index is 1310. The number of hydrogen-bond donors (Lipinski definition) is 2. The molecule has 0 atom stereocenters. The highest BCUT2D eigenvalue weighted by Gasteiger charge is 2.14. The van der Waals surface area contributed by atoms with Crippen LogP contribution in [-0.4, -0.2) is 44.9 Å². The summed E-state index contributed by atoms with van der Waals surface area (Å²) in [6.45, 7) is 1.91. The molecule has 2 N–H and O–H groups in total. The van der Waals surface area contributed by atoms with Gasteiger partial charge in [-0.1, -0.05) is 18.2 Å². The third-order valence-electron chi connectivity index (χ3n) is 4.89. The number of amides is 2. The van der Waals surface area contributed by atoms with Gasteiger partial charge in [0.2, 0.25) is 5.91 Å². The smallest absolute Gasteiger partial charge is 0.256 e. The van der Waals surface area contributed by atoms with Gasteiger partial charge in [0.25, 0.3) is 5.91 Å². The second-order valence-electron chi connectivity index (χ2n) is 7.27. The SMILES string of the molecule is COc1cccc(NC(=O)CSc2ccccc2C(=O)Nc2ccc(-n3cnnn3)c(C)c2)c1. The maximum absolute atomic E-state index is 13.0. The van der Waals surface area contributed by atoms with Crippen molar-refractivity contribution >= 4 is 35.0 Å². The molecular formula is C24H22N6O3S. The second-order valence-corrected chi connectivity index (χ2v) is 8.29. The molecule has 0 unspecified atom stereocenters. The first-order valence-corrected chi connectivity index (χ1v) is 11.3. The summed E-state index contributed by atoms with van der Waals surface area (Å²) in [5.74, 6) is 0.378. The van der Waals surface area contributed by atoms with E-state index in [2.05, 4.69) is 26.2 Å². The molecule has 3 aromatic carbocycles. The summed E-state index contributed by atoms with van der Waals surface area (Å²) in [5, 5.41) is 17.0. The monoisotopic (exact) mass is 474 g/mol. The lowest BCUT2D eigenvalue weighted by atomic mass is 10.1. The van der Waals surface area contributed by atoms with Gasteiger partial charge in [-0.2, -0.15) is 0 Å². The Hall–Kier alpha value is -4.18. The predicted octanol–water partition coefficient (Wildman–Crippen LogP) is 3.96. The number of thioether (sulfide) groups is 1. The number of benzene rings is 3. The molecule has 0 saturated heterocycles. The van der Waals surface area contributed by atoms with Gasteiger partial charge in [-0.25, -0.2) is 4.68 Å². The Morgan fingerprint density at radius 1 is 1.00 bits per heavy atom. The summed E-state index contributed by atoms with van der Waals surface area (Å²) >= 11 is 1.30. The molecule has 4 aromatic rings. The molecule has 0 spiro atoms. The maximum atomic E-state index is 13.0. The Balaban J connectivity index is 1.41. The van der Waals surface area contributed by atoms with E-state index in [0.29, 0.717) is 27.6 Å². The van der Waals surface area contributed by atoms with Crippen molar-refractivity contribution in [1.29, 1.82) is 0 Å². The van der Waals surface area contributed by atoms with Crippen LogP contribution in [0.4, 0.5) is 11.4 Å². The van der Waals surface area contributed by atoms with Crippen LogP contribution in [0.15, 0.2) is 78.0 Å². The Kier molecular flexibility index (Phi) is 7.19. The van der Waals surface area contributed by atoms with Crippen molar-refractivity contribution in [1.82, 2.24) is 20.2 Å². The van der Waals surface area contributed by atoms with Gasteiger partial charge in [-0.05, 0) is 65.4 Å². The van der Waals surface area contributed by atoms with E-state index in [1.165, 1.54) is 18.1 Å². The molecule has 172 valence electrons. The van der Waals surface area contributed by atoms with Crippen molar-refractivity contribution in [2.75, 3.05) is 23.5 Å². The van der Waals surface area contributed by atoms with E-state index >= 15 is 0 Å². The number of aryl methyl sites for hydroxylation is 1. The van der Waals surface area contributed by atoms with Crippen LogP contribution in [0.25, 0.3) is 5.69 Å². The van der Waals surface area contributed by atoms with Gasteiger partial charge in [-0.3, -0.25) is 9.59 Å². The first kappa shape index (κ1) is 23.0. The van der Waals surface area contributed by atoms with Gasteiger partial charge in [0.1, 0.15) is 12.1 Å². The molecule has 10 heteroatoms. The molecule has 0 saturated carbocycles. The van der Waals surface area contributed by atoms with Crippen LogP contribution < -0.4 is 15.4 Å². The van der Waals surface area contributed by atoms with E-state index in [1.807, 2.05) is 31.2 Å². The van der Waals surface area contributed by atoms with E-state index in [9.17, 15) is 9.59 Å². The number of carbonyl (C=O) groups is 2. The first-order chi connectivity index (χ1) is 16.5. The van der Waals surface area contributed by atoms with Gasteiger partial charge in [0, 0.05) is 22.3 Å². The number of nitrogens with zero attached hydrogens (tertiary/aromatic N) is 4. The van der Waals surface area contributed by atoms with Crippen LogP contribution in [0.5, 0.6) is 5.75 Å². The van der Waals surface area contributed by atoms with E-state index < -0.39 is 0 Å². The van der Waals surface area contributed by atoms with Crippen molar-refractivity contribution in [2.45, 2.75) is 11.8 Å². The van der Waals surface area contributed by atoms with Crippen molar-refractivity contribution in [3.8, 4) is 11.4 Å². The predicted molar refractivity (Wildman–Crippen MR) is 131 cm³/mol. The fraction of sp³-hybridized carbons (Fsp3) is 0.125. The lowest BCUT2D eigenvalue weighted by Gasteiger charge is -2.12. The molecular weight excluding hydrogens is 452 g/mol. The highest BCUT2D eigenvalue weighted by Crippen LogP contribution is 2.25. The molecule has 0 aliphatic heterocycles. The lowest BCUT2D eigenvalue weighted by Crippen LogP contribution is -2.16. The number of nitrogens with one attached hydrogen (secondary N) is 2. The molecule has 2 amide bonds. The third kappa shape index (κ3) is 5.59. The van der Waals surface area contributed by atoms with Crippen LogP contribution in [0.1, 0.15) is 15.9 Å². The van der Waals surface area contributed by atoms with Crippen LogP contribution in [0.2, 0.25) is 0 Å². The standard InChI is InChI=1S/C24H22N6O3S/c1-16-12-18(10-11-21(16)30-15-25-28-29-30)27-24(32)20-8-3-4-9-22(20)34-14-23(31)26-17-6-5-7-19(13-17)33-2/h3-13,15H,14H2,1-2H3,(H,26,31)(H,27,32). The summed E-state index contributed by atoms with van der Waals surface area (Å²) in [7, 11) is 1.57. The fourth-order valence-electron chi connectivity index (χ4n) is 3.28. The van der Waals surface area contributed by atoms with E-state index in [4.69, 9.17) is 4.74 Å². The average Bonchev–Trinajstić information content (AvgIpc) is 3.38. The number of carbonyl (C=O) groups excluding carboxylic acids is 2. The van der Waals surface area contributed by atoms with E-state index in [1.54, 1.807) is 54.3 Å². The number of methoxy groups -OCH3 is 1. The van der Waals surface area contributed by atoms with E-state index in [-0.39, 0.29) is 17.6 Å². The second kappa shape index (κ2) is 10.6. The maximum Gasteiger partial charge on any atom is 0.256 e. The van der Waals surface area contributed by atoms with Crippen molar-refractivity contribution < 1.29 is 14.3 Å². The molecule has 0 aliphatic carbocycles. The summed E-state index contributed by atoms with van der Waals surface area (Å²) < 4.78 is 6.74. The number of aromatic nitrogens is 4. The number of anilines is 2. The zero-order valence-electron chi connectivity index (χ0n) is 18.6. The quantitative estimate of drug-likeness (QED) is 0.372. The van der Waals surface area contributed by atoms with Crippen LogP contribution in [0, 0.1) is 6.92 Å². The summed E-state index contributed by atoms with van der Waals surface area (Å²) in [6, 6.07) is 19.8. The Morgan fingerprint density at radius 3 is 2.59 bits per heavy atom. The summed E-state index contributed by atoms with van der Waals surface area (Å²) in [5.41, 5.74) is 3.51. The van der Waals surface area contributed by atoms with Crippen LogP contribution >= 0.6 is 11.8 Å². The van der Waals surface area contributed by atoms with E-state index in [0.717, 1.165) is 11.3 Å². The van der Waals surface area contributed by atoms with Gasteiger partial charge < -0.3 is 15.4 Å². The molecule has 9 nitrogen and oxygen atoms in total. The largest absolute Gasteiger partial charge is 0.497 e. The fourth-order valence-corrected chi connectivity index (χ4v) is 4.13. The number of hydrogen-bond acceptors (Lipinski definition) is 7. The minimum Gasteiger partial charge on any atom is -0.497 e. The molecule has 0 bridgehead atoms. The van der Waals surface area contributed by atoms with Gasteiger partial charge in [0.15, 0.2) is 0 Å². The molecule has 0 aliphatic rings. The van der Waals surface area contributed by atoms with Crippen molar-refractivity contribution in [3.63, 3.8) is 0 Å². The van der Waals surface area contributed by atoms with Gasteiger partial charge >= 0.3 is 0 Å². The van der Waals surface area contributed by atoms with Crippen molar-refractivity contribution in [3.05, 3.63) is 84.2 Å². The first-order valence-electron chi connectivity index (χ1n) is 10.3. The van der Waals surface area contributed by atoms with Crippen LogP contribution in [0.3, 0.4) is 0 Å². The topological polar surface area (TPSA) is 111 Å². The van der Waals surface area contributed by atoms with Crippen molar-refractivity contribution in [2.24, 2.45) is 0 Å². The third-order valence-corrected chi connectivity index (χ3v) is 5.97. The number of tetrazole rings is 1. The minimum atomic E-state index is -0.258. The highest BCUT2D eigenvalue weighted by molar-refractivity contribution is 8.00. The lowest BCUT2D eigenvalue weighted by molar-refractivity contribution is -0.113. The van der Waals surface area contributed by atoms with Crippen LogP contribution in [-0.2, 0) is 4.79 Å². The molecule has 1 aromatic heterocycles. The average molecular weight is 475 g/mol. The normalized spacial score (nSPS) is 10.5. The minimum absolute atomic E-state index is 0.154. The summed E-state index contributed by atoms with van der Waals surface area (Å²) in [6.07, 6.45) is 1.51. The zero-order valence-corrected chi connectivity index (χ0v) is 19.4. The summed E-state index contributed by atoms with van der Waals surface area (Å²) in [4.78, 5) is 26.1. The molecule has 1 heterocycles. The highest BCUT2D eigenvalue weighted by atomic mass is 32.2. The molecule has 0 fully saturated rings. The Morgan fingerprint density at radius 2 is 1.82 bits per heavy atom. The van der Waals surface area contributed by atoms with Gasteiger partial charge in [0.05, 0.1) is 24.1 Å². The molecule has 4 rings (SSSR count).